The molecule has 1 amide bonds. The van der Waals surface area contributed by atoms with Gasteiger partial charge in [-0.05, 0) is 44.3 Å². The minimum Gasteiger partial charge on any atom is -0.347 e. The van der Waals surface area contributed by atoms with Crippen LogP contribution < -0.4 is 5.32 Å². The zero-order valence-corrected chi connectivity index (χ0v) is 13.9. The molecule has 0 bridgehead atoms. The smallest absolute Gasteiger partial charge is 0.255 e. The maximum Gasteiger partial charge on any atom is 0.255 e. The van der Waals surface area contributed by atoms with Crippen LogP contribution in [0.5, 0.6) is 0 Å². The first-order chi connectivity index (χ1) is 10.6. The van der Waals surface area contributed by atoms with Gasteiger partial charge in [0.2, 0.25) is 0 Å². The van der Waals surface area contributed by atoms with Crippen molar-refractivity contribution < 1.29 is 4.79 Å². The maximum absolute atomic E-state index is 12.4. The fourth-order valence-electron chi connectivity index (χ4n) is 3.04. The van der Waals surface area contributed by atoms with Crippen LogP contribution in [0.1, 0.15) is 27.3 Å². The SMILES string of the molecule is CN(C)CC1CCn2ncc(C(=O)NCc3cccs3)c2C1. The molecule has 0 radical (unpaired) electrons. The highest BCUT2D eigenvalue weighted by molar-refractivity contribution is 7.09. The summed E-state index contributed by atoms with van der Waals surface area (Å²) in [5, 5.41) is 9.41. The number of hydrogen-bond donors (Lipinski definition) is 1. The topological polar surface area (TPSA) is 50.2 Å². The van der Waals surface area contributed by atoms with Crippen molar-refractivity contribution in [3.05, 3.63) is 39.8 Å². The van der Waals surface area contributed by atoms with Crippen LogP contribution in [-0.2, 0) is 19.5 Å². The van der Waals surface area contributed by atoms with Gasteiger partial charge < -0.3 is 10.2 Å². The summed E-state index contributed by atoms with van der Waals surface area (Å²) in [6.45, 7) is 2.55. The molecule has 1 unspecified atom stereocenters. The molecule has 1 aliphatic heterocycles. The number of thiophene rings is 1. The molecule has 2 aromatic rings. The molecule has 6 heteroatoms. The molecule has 5 nitrogen and oxygen atoms in total. The Bertz CT molecular complexity index is 633. The quantitative estimate of drug-likeness (QED) is 0.917. The van der Waals surface area contributed by atoms with Crippen molar-refractivity contribution in [3.8, 4) is 0 Å². The Hall–Kier alpha value is -1.66. The summed E-state index contributed by atoms with van der Waals surface area (Å²) >= 11 is 1.66. The molecule has 118 valence electrons. The van der Waals surface area contributed by atoms with Crippen molar-refractivity contribution in [1.29, 1.82) is 0 Å². The minimum absolute atomic E-state index is 0.0137. The highest BCUT2D eigenvalue weighted by Crippen LogP contribution is 2.23. The highest BCUT2D eigenvalue weighted by atomic mass is 32.1. The number of rotatable bonds is 5. The van der Waals surface area contributed by atoms with Crippen LogP contribution in [0.25, 0.3) is 0 Å². The second-order valence-electron chi connectivity index (χ2n) is 6.11. The predicted octanol–water partition coefficient (Wildman–Crippen LogP) is 2.00. The van der Waals surface area contributed by atoms with Crippen LogP contribution in [-0.4, -0.2) is 41.2 Å². The molecule has 0 aliphatic carbocycles. The molecule has 2 aromatic heterocycles. The number of nitrogens with one attached hydrogen (secondary N) is 1. The normalized spacial score (nSPS) is 17.5. The summed E-state index contributed by atoms with van der Waals surface area (Å²) in [5.74, 6) is 0.586. The van der Waals surface area contributed by atoms with Crippen molar-refractivity contribution in [2.75, 3.05) is 20.6 Å². The van der Waals surface area contributed by atoms with Gasteiger partial charge in [-0.15, -0.1) is 11.3 Å². The summed E-state index contributed by atoms with van der Waals surface area (Å²) < 4.78 is 1.99. The van der Waals surface area contributed by atoms with Gasteiger partial charge in [0.15, 0.2) is 0 Å². The van der Waals surface area contributed by atoms with Crippen LogP contribution in [0.2, 0.25) is 0 Å². The van der Waals surface area contributed by atoms with Crippen LogP contribution in [0.4, 0.5) is 0 Å². The molecule has 3 heterocycles. The Labute approximate surface area is 134 Å². The average Bonchev–Trinajstić information content (AvgIpc) is 3.13. The minimum atomic E-state index is -0.0137. The number of aryl methyl sites for hydroxylation is 1. The van der Waals surface area contributed by atoms with Crippen molar-refractivity contribution in [3.63, 3.8) is 0 Å². The zero-order chi connectivity index (χ0) is 15.5. The number of carbonyl (C=O) groups is 1. The molecule has 0 fully saturated rings. The molecular formula is C16H22N4OS. The van der Waals surface area contributed by atoms with E-state index >= 15 is 0 Å². The first-order valence-electron chi connectivity index (χ1n) is 7.63. The monoisotopic (exact) mass is 318 g/mol. The lowest BCUT2D eigenvalue weighted by Gasteiger charge is -2.26. The molecule has 0 aromatic carbocycles. The lowest BCUT2D eigenvalue weighted by Crippen LogP contribution is -2.30. The molecule has 1 N–H and O–H groups in total. The van der Waals surface area contributed by atoms with Gasteiger partial charge in [0.1, 0.15) is 0 Å². The molecule has 0 saturated carbocycles. The van der Waals surface area contributed by atoms with E-state index in [1.807, 2.05) is 22.2 Å². The number of hydrogen-bond acceptors (Lipinski definition) is 4. The second-order valence-corrected chi connectivity index (χ2v) is 7.14. The number of nitrogens with zero attached hydrogens (tertiary/aromatic N) is 3. The highest BCUT2D eigenvalue weighted by Gasteiger charge is 2.25. The first kappa shape index (κ1) is 15.2. The summed E-state index contributed by atoms with van der Waals surface area (Å²) in [4.78, 5) is 15.8. The Balaban J connectivity index is 1.67. The molecule has 1 aliphatic rings. The van der Waals surface area contributed by atoms with Gasteiger partial charge in [-0.2, -0.15) is 5.10 Å². The first-order valence-corrected chi connectivity index (χ1v) is 8.51. The Morgan fingerprint density at radius 1 is 1.55 bits per heavy atom. The lowest BCUT2D eigenvalue weighted by molar-refractivity contribution is 0.0949. The Morgan fingerprint density at radius 2 is 2.41 bits per heavy atom. The van der Waals surface area contributed by atoms with E-state index < -0.39 is 0 Å². The Morgan fingerprint density at radius 3 is 3.14 bits per heavy atom. The van der Waals surface area contributed by atoms with E-state index in [1.54, 1.807) is 17.5 Å². The van der Waals surface area contributed by atoms with Crippen molar-refractivity contribution in [2.45, 2.75) is 25.9 Å². The van der Waals surface area contributed by atoms with Gasteiger partial charge >= 0.3 is 0 Å². The van der Waals surface area contributed by atoms with E-state index in [0.717, 1.165) is 37.2 Å². The van der Waals surface area contributed by atoms with Crippen LogP contribution >= 0.6 is 11.3 Å². The number of amides is 1. The van der Waals surface area contributed by atoms with E-state index in [2.05, 4.69) is 29.4 Å². The fraction of sp³-hybridized carbons (Fsp3) is 0.500. The summed E-state index contributed by atoms with van der Waals surface area (Å²) in [6.07, 6.45) is 3.78. The molecule has 22 heavy (non-hydrogen) atoms. The molecule has 1 atom stereocenters. The molecule has 0 spiro atoms. The van der Waals surface area contributed by atoms with Crippen LogP contribution in [0, 0.1) is 5.92 Å². The van der Waals surface area contributed by atoms with E-state index in [9.17, 15) is 4.79 Å². The van der Waals surface area contributed by atoms with Crippen LogP contribution in [0.15, 0.2) is 23.7 Å². The second kappa shape index (κ2) is 6.62. The third kappa shape index (κ3) is 3.39. The number of aromatic nitrogens is 2. The molecule has 0 saturated heterocycles. The summed E-state index contributed by atoms with van der Waals surface area (Å²) in [5.41, 5.74) is 1.82. The largest absolute Gasteiger partial charge is 0.347 e. The van der Waals surface area contributed by atoms with Gasteiger partial charge in [0, 0.05) is 18.0 Å². The number of carbonyl (C=O) groups excluding carboxylic acids is 1. The van der Waals surface area contributed by atoms with Crippen molar-refractivity contribution in [1.82, 2.24) is 20.0 Å². The van der Waals surface area contributed by atoms with E-state index in [0.29, 0.717) is 12.5 Å². The predicted molar refractivity (Wildman–Crippen MR) is 88.1 cm³/mol. The van der Waals surface area contributed by atoms with Crippen molar-refractivity contribution >= 4 is 17.2 Å². The van der Waals surface area contributed by atoms with Crippen LogP contribution in [0.3, 0.4) is 0 Å². The molecular weight excluding hydrogens is 296 g/mol. The van der Waals surface area contributed by atoms with E-state index in [-0.39, 0.29) is 5.91 Å². The summed E-state index contributed by atoms with van der Waals surface area (Å²) in [7, 11) is 4.20. The van der Waals surface area contributed by atoms with Crippen molar-refractivity contribution in [2.24, 2.45) is 5.92 Å². The van der Waals surface area contributed by atoms with Gasteiger partial charge in [0.05, 0.1) is 24.0 Å². The van der Waals surface area contributed by atoms with Gasteiger partial charge in [-0.25, -0.2) is 0 Å². The van der Waals surface area contributed by atoms with Gasteiger partial charge in [-0.3, -0.25) is 9.48 Å². The maximum atomic E-state index is 12.4. The lowest BCUT2D eigenvalue weighted by atomic mass is 9.94. The Kier molecular flexibility index (Phi) is 4.59. The third-order valence-corrected chi connectivity index (χ3v) is 4.93. The van der Waals surface area contributed by atoms with Gasteiger partial charge in [0.25, 0.3) is 5.91 Å². The average molecular weight is 318 g/mol. The zero-order valence-electron chi connectivity index (χ0n) is 13.1. The van der Waals surface area contributed by atoms with E-state index in [4.69, 9.17) is 0 Å². The van der Waals surface area contributed by atoms with E-state index in [1.165, 1.54) is 4.88 Å². The fourth-order valence-corrected chi connectivity index (χ4v) is 3.68. The molecule has 3 rings (SSSR count). The van der Waals surface area contributed by atoms with Gasteiger partial charge in [-0.1, -0.05) is 6.07 Å². The third-order valence-electron chi connectivity index (χ3n) is 4.05. The summed E-state index contributed by atoms with van der Waals surface area (Å²) in [6, 6.07) is 4.03. The standard InChI is InChI=1S/C16H22N4OS/c1-19(2)11-12-5-6-20-15(8-12)14(10-18-20)16(21)17-9-13-4-3-7-22-13/h3-4,7,10,12H,5-6,8-9,11H2,1-2H3,(H,17,21). The number of fused-ring (bicyclic) bond motifs is 1.